The molecule has 0 bridgehead atoms. The first-order chi connectivity index (χ1) is 20.7. The molecule has 0 radical (unpaired) electrons. The van der Waals surface area contributed by atoms with E-state index in [2.05, 4.69) is 6.92 Å². The summed E-state index contributed by atoms with van der Waals surface area (Å²) in [5.74, 6) is 0.576. The summed E-state index contributed by atoms with van der Waals surface area (Å²) in [6, 6.07) is 6.93. The van der Waals surface area contributed by atoms with E-state index in [-0.39, 0.29) is 18.5 Å². The molecule has 42 heavy (non-hydrogen) atoms. The fourth-order valence-electron chi connectivity index (χ4n) is 3.54. The smallest absolute Gasteiger partial charge is 0.308 e. The molecule has 11 heteroatoms. The monoisotopic (exact) mass is 600 g/mol. The Hall–Kier alpha value is -2.12. The molecule has 0 aliphatic rings. The average Bonchev–Trinajstić information content (AvgIpc) is 3.01. The maximum absolute atomic E-state index is 12.0. The molecule has 1 unspecified atom stereocenters. The van der Waals surface area contributed by atoms with Crippen molar-refractivity contribution in [2.75, 3.05) is 106 Å². The van der Waals surface area contributed by atoms with Gasteiger partial charge in [0.2, 0.25) is 0 Å². The van der Waals surface area contributed by atoms with Gasteiger partial charge in [0.05, 0.1) is 98.4 Å². The van der Waals surface area contributed by atoms with Gasteiger partial charge in [-0.1, -0.05) is 26.7 Å². The lowest BCUT2D eigenvalue weighted by atomic mass is 10.00. The van der Waals surface area contributed by atoms with E-state index in [9.17, 15) is 9.59 Å². The van der Waals surface area contributed by atoms with E-state index in [0.717, 1.165) is 32.0 Å². The molecule has 0 N–H and O–H groups in total. The quantitative estimate of drug-likeness (QED) is 0.0705. The number of esters is 1. The Balaban J connectivity index is 1.71. The summed E-state index contributed by atoms with van der Waals surface area (Å²) in [5, 5.41) is 0. The molecule has 0 aliphatic carbocycles. The Morgan fingerprint density at radius 3 is 1.40 bits per heavy atom. The molecular formula is C31H52O11. The Bertz CT molecular complexity index is 745. The fraction of sp³-hybridized carbons (Fsp3) is 0.742. The van der Waals surface area contributed by atoms with Crippen molar-refractivity contribution in [3.05, 3.63) is 29.8 Å². The number of ether oxygens (including phenoxy) is 9. The van der Waals surface area contributed by atoms with Crippen LogP contribution < -0.4 is 4.74 Å². The van der Waals surface area contributed by atoms with Crippen molar-refractivity contribution in [1.82, 2.24) is 0 Å². The predicted octanol–water partition coefficient (Wildman–Crippen LogP) is 3.75. The van der Waals surface area contributed by atoms with Crippen LogP contribution in [0.3, 0.4) is 0 Å². The van der Waals surface area contributed by atoms with Crippen LogP contribution in [0.2, 0.25) is 0 Å². The van der Waals surface area contributed by atoms with E-state index in [4.69, 9.17) is 42.6 Å². The van der Waals surface area contributed by atoms with Crippen molar-refractivity contribution in [3.8, 4) is 5.75 Å². The third kappa shape index (κ3) is 22.5. The van der Waals surface area contributed by atoms with Gasteiger partial charge in [-0.2, -0.15) is 0 Å². The topological polar surface area (TPSA) is 117 Å². The molecule has 0 fully saturated rings. The van der Waals surface area contributed by atoms with Gasteiger partial charge in [-0.15, -0.1) is 0 Å². The van der Waals surface area contributed by atoms with E-state index in [1.807, 2.05) is 6.92 Å². The standard InChI is InChI=1S/C31H52O11/c1-3-5-6-29(4-2)31(33)42-26-24-40-22-20-38-18-16-36-14-12-34-11-13-35-15-17-37-19-21-39-23-25-41-30-9-7-28(27-32)8-10-30/h7-10,27,29H,3-6,11-26H2,1-2H3. The summed E-state index contributed by atoms with van der Waals surface area (Å²) in [6.45, 7) is 11.5. The van der Waals surface area contributed by atoms with Crippen molar-refractivity contribution < 1.29 is 52.2 Å². The van der Waals surface area contributed by atoms with Crippen LogP contribution in [-0.2, 0) is 42.7 Å². The molecule has 1 aromatic rings. The maximum atomic E-state index is 12.0. The predicted molar refractivity (Wildman–Crippen MR) is 157 cm³/mol. The fourth-order valence-corrected chi connectivity index (χ4v) is 3.54. The minimum Gasteiger partial charge on any atom is -0.491 e. The van der Waals surface area contributed by atoms with Crippen molar-refractivity contribution in [1.29, 1.82) is 0 Å². The van der Waals surface area contributed by atoms with E-state index in [1.54, 1.807) is 24.3 Å². The number of unbranched alkanes of at least 4 members (excludes halogenated alkanes) is 1. The molecule has 0 saturated carbocycles. The van der Waals surface area contributed by atoms with Gasteiger partial charge in [-0.05, 0) is 37.1 Å². The maximum Gasteiger partial charge on any atom is 0.308 e. The van der Waals surface area contributed by atoms with Crippen LogP contribution in [0.5, 0.6) is 5.75 Å². The summed E-state index contributed by atoms with van der Waals surface area (Å²) in [4.78, 5) is 22.6. The molecule has 0 saturated heterocycles. The molecule has 242 valence electrons. The number of benzene rings is 1. The van der Waals surface area contributed by atoms with E-state index < -0.39 is 0 Å². The lowest BCUT2D eigenvalue weighted by Gasteiger charge is -2.13. The second-order valence-corrected chi connectivity index (χ2v) is 9.24. The lowest BCUT2D eigenvalue weighted by Crippen LogP contribution is -2.20. The van der Waals surface area contributed by atoms with E-state index in [0.29, 0.717) is 110 Å². The van der Waals surface area contributed by atoms with Gasteiger partial charge in [-0.25, -0.2) is 0 Å². The number of hydrogen-bond acceptors (Lipinski definition) is 11. The number of aldehydes is 1. The molecule has 0 heterocycles. The Morgan fingerprint density at radius 1 is 0.619 bits per heavy atom. The molecule has 0 aromatic heterocycles. The first-order valence-corrected chi connectivity index (χ1v) is 15.1. The molecule has 1 rings (SSSR count). The zero-order chi connectivity index (χ0) is 30.4. The zero-order valence-corrected chi connectivity index (χ0v) is 25.6. The first-order valence-electron chi connectivity index (χ1n) is 15.1. The second-order valence-electron chi connectivity index (χ2n) is 9.24. The van der Waals surface area contributed by atoms with Gasteiger partial charge in [-0.3, -0.25) is 9.59 Å². The third-order valence-electron chi connectivity index (χ3n) is 5.95. The molecule has 11 nitrogen and oxygen atoms in total. The van der Waals surface area contributed by atoms with Gasteiger partial charge in [0, 0.05) is 5.56 Å². The van der Waals surface area contributed by atoms with Gasteiger partial charge in [0.15, 0.2) is 0 Å². The van der Waals surface area contributed by atoms with Crippen LogP contribution in [0, 0.1) is 5.92 Å². The highest BCUT2D eigenvalue weighted by Gasteiger charge is 2.16. The van der Waals surface area contributed by atoms with Crippen molar-refractivity contribution in [2.45, 2.75) is 39.5 Å². The Morgan fingerprint density at radius 2 is 1.02 bits per heavy atom. The number of hydrogen-bond donors (Lipinski definition) is 0. The third-order valence-corrected chi connectivity index (χ3v) is 5.95. The molecule has 0 amide bonds. The summed E-state index contributed by atoms with van der Waals surface area (Å²) >= 11 is 0. The molecule has 1 aromatic carbocycles. The lowest BCUT2D eigenvalue weighted by molar-refractivity contribution is -0.150. The zero-order valence-electron chi connectivity index (χ0n) is 25.6. The van der Waals surface area contributed by atoms with Crippen LogP contribution in [0.25, 0.3) is 0 Å². The van der Waals surface area contributed by atoms with Gasteiger partial charge >= 0.3 is 5.97 Å². The minimum atomic E-state index is -0.122. The highest BCUT2D eigenvalue weighted by molar-refractivity contribution is 5.74. The SMILES string of the molecule is CCCCC(CC)C(=O)OCCOCCOCCOCCOCCOCCOCCOCCOc1ccc(C=O)cc1. The highest BCUT2D eigenvalue weighted by atomic mass is 16.6. The van der Waals surface area contributed by atoms with Crippen LogP contribution in [0.4, 0.5) is 0 Å². The van der Waals surface area contributed by atoms with Crippen LogP contribution in [-0.4, -0.2) is 118 Å². The average molecular weight is 601 g/mol. The van der Waals surface area contributed by atoms with Crippen LogP contribution in [0.1, 0.15) is 49.9 Å². The summed E-state index contributed by atoms with van der Waals surface area (Å²) in [7, 11) is 0. The van der Waals surface area contributed by atoms with Crippen LogP contribution >= 0.6 is 0 Å². The van der Waals surface area contributed by atoms with Gasteiger partial charge in [0.1, 0.15) is 25.2 Å². The molecule has 0 aliphatic heterocycles. The first kappa shape index (κ1) is 37.9. The number of rotatable bonds is 31. The van der Waals surface area contributed by atoms with Crippen LogP contribution in [0.15, 0.2) is 24.3 Å². The van der Waals surface area contributed by atoms with E-state index in [1.165, 1.54) is 0 Å². The minimum absolute atomic E-state index is 0.00427. The second kappa shape index (κ2) is 29.0. The van der Waals surface area contributed by atoms with Gasteiger partial charge in [0.25, 0.3) is 0 Å². The van der Waals surface area contributed by atoms with Gasteiger partial charge < -0.3 is 42.6 Å². The summed E-state index contributed by atoms with van der Waals surface area (Å²) in [6.07, 6.45) is 4.63. The normalized spacial score (nSPS) is 11.9. The van der Waals surface area contributed by atoms with Crippen molar-refractivity contribution in [3.63, 3.8) is 0 Å². The van der Waals surface area contributed by atoms with E-state index >= 15 is 0 Å². The Labute approximate surface area is 251 Å². The summed E-state index contributed by atoms with van der Waals surface area (Å²) in [5.41, 5.74) is 0.617. The van der Waals surface area contributed by atoms with Crippen molar-refractivity contribution in [2.24, 2.45) is 5.92 Å². The summed E-state index contributed by atoms with van der Waals surface area (Å²) < 4.78 is 49.0. The number of carbonyl (C=O) groups is 2. The molecular weight excluding hydrogens is 548 g/mol. The van der Waals surface area contributed by atoms with Crippen molar-refractivity contribution >= 4 is 12.3 Å². The Kier molecular flexibility index (Phi) is 26.1. The largest absolute Gasteiger partial charge is 0.491 e. The molecule has 1 atom stereocenters. The number of carbonyl (C=O) groups excluding carboxylic acids is 2. The highest BCUT2D eigenvalue weighted by Crippen LogP contribution is 2.14. The molecule has 0 spiro atoms.